The highest BCUT2D eigenvalue weighted by molar-refractivity contribution is 5.97. The Hall–Kier alpha value is -2.57. The molecule has 0 heterocycles. The number of hydrogen-bond acceptors (Lipinski definition) is 4. The lowest BCUT2D eigenvalue weighted by Gasteiger charge is -2.14. The van der Waals surface area contributed by atoms with Crippen LogP contribution in [0.25, 0.3) is 0 Å². The van der Waals surface area contributed by atoms with Gasteiger partial charge in [0.25, 0.3) is 5.91 Å². The van der Waals surface area contributed by atoms with Crippen molar-refractivity contribution in [2.45, 2.75) is 18.9 Å². The van der Waals surface area contributed by atoms with Crippen LogP contribution in [0.5, 0.6) is 5.75 Å². The van der Waals surface area contributed by atoms with E-state index in [4.69, 9.17) is 9.84 Å². The highest BCUT2D eigenvalue weighted by atomic mass is 16.5. The fourth-order valence-corrected chi connectivity index (χ4v) is 2.06. The largest absolute Gasteiger partial charge is 0.497 e. The van der Waals surface area contributed by atoms with Gasteiger partial charge in [-0.05, 0) is 37.0 Å². The van der Waals surface area contributed by atoms with E-state index in [2.05, 4.69) is 10.6 Å². The molecule has 1 saturated carbocycles. The first-order chi connectivity index (χ1) is 10.5. The average Bonchev–Trinajstić information content (AvgIpc) is 3.34. The molecule has 7 heteroatoms. The molecule has 0 aromatic heterocycles. The lowest BCUT2D eigenvalue weighted by Crippen LogP contribution is -2.46. The van der Waals surface area contributed by atoms with Crippen molar-refractivity contribution in [2.24, 2.45) is 5.92 Å². The molecule has 2 rings (SSSR count). The number of carbonyl (C=O) groups is 3. The predicted octanol–water partition coefficient (Wildman–Crippen LogP) is 0.404. The van der Waals surface area contributed by atoms with Crippen LogP contribution in [-0.2, 0) is 9.59 Å². The van der Waals surface area contributed by atoms with Crippen molar-refractivity contribution < 1.29 is 24.2 Å². The van der Waals surface area contributed by atoms with Gasteiger partial charge in [0.2, 0.25) is 5.91 Å². The number of rotatable bonds is 7. The van der Waals surface area contributed by atoms with Gasteiger partial charge in [-0.15, -0.1) is 0 Å². The van der Waals surface area contributed by atoms with Gasteiger partial charge in [0.15, 0.2) is 0 Å². The first kappa shape index (κ1) is 15.8. The minimum absolute atomic E-state index is 0.00413. The number of carboxylic acids is 1. The second-order valence-corrected chi connectivity index (χ2v) is 5.14. The van der Waals surface area contributed by atoms with E-state index >= 15 is 0 Å². The topological polar surface area (TPSA) is 105 Å². The molecular weight excluding hydrogens is 288 g/mol. The number of ether oxygens (including phenoxy) is 1. The average molecular weight is 306 g/mol. The molecule has 0 saturated heterocycles. The Morgan fingerprint density at radius 3 is 2.68 bits per heavy atom. The summed E-state index contributed by atoms with van der Waals surface area (Å²) in [4.78, 5) is 34.7. The van der Waals surface area contributed by atoms with E-state index in [0.717, 1.165) is 12.8 Å². The van der Waals surface area contributed by atoms with Crippen molar-refractivity contribution in [1.29, 1.82) is 0 Å². The molecule has 7 nitrogen and oxygen atoms in total. The van der Waals surface area contributed by atoms with Gasteiger partial charge in [-0.3, -0.25) is 9.59 Å². The van der Waals surface area contributed by atoms with Gasteiger partial charge in [0.1, 0.15) is 11.8 Å². The quantitative estimate of drug-likeness (QED) is 0.676. The molecule has 0 bridgehead atoms. The molecule has 1 aliphatic rings. The monoisotopic (exact) mass is 306 g/mol. The zero-order valence-electron chi connectivity index (χ0n) is 12.2. The van der Waals surface area contributed by atoms with Crippen molar-refractivity contribution >= 4 is 17.8 Å². The van der Waals surface area contributed by atoms with E-state index in [9.17, 15) is 14.4 Å². The van der Waals surface area contributed by atoms with Gasteiger partial charge in [-0.2, -0.15) is 0 Å². The Labute approximate surface area is 127 Å². The van der Waals surface area contributed by atoms with Gasteiger partial charge in [0, 0.05) is 5.56 Å². The first-order valence-electron chi connectivity index (χ1n) is 6.95. The Morgan fingerprint density at radius 2 is 2.09 bits per heavy atom. The number of carbonyl (C=O) groups excluding carboxylic acids is 2. The van der Waals surface area contributed by atoms with E-state index in [0.29, 0.717) is 11.3 Å². The van der Waals surface area contributed by atoms with E-state index < -0.39 is 23.8 Å². The van der Waals surface area contributed by atoms with Crippen LogP contribution in [0, 0.1) is 5.92 Å². The molecule has 22 heavy (non-hydrogen) atoms. The third-order valence-corrected chi connectivity index (χ3v) is 3.42. The zero-order chi connectivity index (χ0) is 16.1. The molecule has 1 atom stereocenters. The first-order valence-corrected chi connectivity index (χ1v) is 6.95. The third kappa shape index (κ3) is 4.21. The molecule has 118 valence electrons. The zero-order valence-corrected chi connectivity index (χ0v) is 12.2. The van der Waals surface area contributed by atoms with Crippen molar-refractivity contribution in [2.75, 3.05) is 13.7 Å². The number of hydrogen-bond donors (Lipinski definition) is 3. The van der Waals surface area contributed by atoms with Crippen LogP contribution in [0.4, 0.5) is 0 Å². The molecule has 1 aliphatic carbocycles. The summed E-state index contributed by atoms with van der Waals surface area (Å²) in [5, 5.41) is 13.9. The van der Waals surface area contributed by atoms with Crippen LogP contribution >= 0.6 is 0 Å². The van der Waals surface area contributed by atoms with Crippen LogP contribution in [0.3, 0.4) is 0 Å². The fraction of sp³-hybridized carbons (Fsp3) is 0.400. The van der Waals surface area contributed by atoms with Crippen LogP contribution in [0.15, 0.2) is 24.3 Å². The number of nitrogens with one attached hydrogen (secondary N) is 2. The molecule has 1 unspecified atom stereocenters. The summed E-state index contributed by atoms with van der Waals surface area (Å²) in [5.41, 5.74) is 0.365. The SMILES string of the molecule is COc1cccc(C(=O)NCC(=O)NC(C(=O)O)C2CC2)c1. The molecule has 3 N–H and O–H groups in total. The van der Waals surface area contributed by atoms with Crippen LogP contribution in [0.2, 0.25) is 0 Å². The molecule has 0 radical (unpaired) electrons. The molecule has 0 aliphatic heterocycles. The molecule has 0 spiro atoms. The van der Waals surface area contributed by atoms with E-state index in [1.807, 2.05) is 0 Å². The molecule has 1 fully saturated rings. The number of carboxylic acid groups (broad SMARTS) is 1. The summed E-state index contributed by atoms with van der Waals surface area (Å²) in [6.45, 7) is -0.271. The van der Waals surface area contributed by atoms with Crippen molar-refractivity contribution in [3.8, 4) is 5.75 Å². The maximum Gasteiger partial charge on any atom is 0.326 e. The molecular formula is C15H18N2O5. The lowest BCUT2D eigenvalue weighted by molar-refractivity contribution is -0.142. The molecule has 1 aromatic carbocycles. The number of aliphatic carboxylic acids is 1. The van der Waals surface area contributed by atoms with Gasteiger partial charge in [-0.1, -0.05) is 6.07 Å². The number of amides is 2. The summed E-state index contributed by atoms with van der Waals surface area (Å²) >= 11 is 0. The summed E-state index contributed by atoms with van der Waals surface area (Å²) in [5.74, 6) is -1.45. The lowest BCUT2D eigenvalue weighted by atomic mass is 10.2. The Kier molecular flexibility index (Phi) is 4.98. The third-order valence-electron chi connectivity index (χ3n) is 3.42. The van der Waals surface area contributed by atoms with E-state index in [1.54, 1.807) is 24.3 Å². The Balaban J connectivity index is 1.84. The summed E-state index contributed by atoms with van der Waals surface area (Å²) in [7, 11) is 1.49. The highest BCUT2D eigenvalue weighted by Gasteiger charge is 2.37. The van der Waals surface area contributed by atoms with Crippen molar-refractivity contribution in [1.82, 2.24) is 10.6 Å². The minimum atomic E-state index is -1.05. The highest BCUT2D eigenvalue weighted by Crippen LogP contribution is 2.32. The van der Waals surface area contributed by atoms with Crippen LogP contribution < -0.4 is 15.4 Å². The maximum atomic E-state index is 11.9. The smallest absolute Gasteiger partial charge is 0.326 e. The standard InChI is InChI=1S/C15H18N2O5/c1-22-11-4-2-3-10(7-11)14(19)16-8-12(18)17-13(15(20)21)9-5-6-9/h2-4,7,9,13H,5-6,8H2,1H3,(H,16,19)(H,17,18)(H,20,21). The van der Waals surface area contributed by atoms with Gasteiger partial charge < -0.3 is 20.5 Å². The van der Waals surface area contributed by atoms with Crippen molar-refractivity contribution in [3.63, 3.8) is 0 Å². The van der Waals surface area contributed by atoms with Gasteiger partial charge in [-0.25, -0.2) is 4.79 Å². The summed E-state index contributed by atoms with van der Waals surface area (Å²) in [6.07, 6.45) is 1.60. The molecule has 1 aromatic rings. The second-order valence-electron chi connectivity index (χ2n) is 5.14. The summed E-state index contributed by atoms with van der Waals surface area (Å²) in [6, 6.07) is 5.65. The molecule has 2 amide bonds. The normalized spacial score (nSPS) is 14.8. The van der Waals surface area contributed by atoms with Crippen LogP contribution in [-0.4, -0.2) is 42.6 Å². The Bertz CT molecular complexity index is 583. The maximum absolute atomic E-state index is 11.9. The predicted molar refractivity (Wildman–Crippen MR) is 77.6 cm³/mol. The second kappa shape index (κ2) is 6.93. The minimum Gasteiger partial charge on any atom is -0.497 e. The van der Waals surface area contributed by atoms with E-state index in [-0.39, 0.29) is 12.5 Å². The number of benzene rings is 1. The van der Waals surface area contributed by atoms with E-state index in [1.165, 1.54) is 7.11 Å². The van der Waals surface area contributed by atoms with Gasteiger partial charge >= 0.3 is 5.97 Å². The number of methoxy groups -OCH3 is 1. The Morgan fingerprint density at radius 1 is 1.36 bits per heavy atom. The van der Waals surface area contributed by atoms with Crippen molar-refractivity contribution in [3.05, 3.63) is 29.8 Å². The summed E-state index contributed by atoms with van der Waals surface area (Å²) < 4.78 is 5.02. The van der Waals surface area contributed by atoms with Gasteiger partial charge in [0.05, 0.1) is 13.7 Å². The fourth-order valence-electron chi connectivity index (χ4n) is 2.06. The van der Waals surface area contributed by atoms with Crippen LogP contribution in [0.1, 0.15) is 23.2 Å².